The van der Waals surface area contributed by atoms with Gasteiger partial charge in [-0.25, -0.2) is 4.39 Å². The molecular formula is C17H20FNO. The van der Waals surface area contributed by atoms with Gasteiger partial charge in [0.05, 0.1) is 5.69 Å². The van der Waals surface area contributed by atoms with Gasteiger partial charge in [0, 0.05) is 0 Å². The third-order valence-corrected chi connectivity index (χ3v) is 3.52. The number of ether oxygens (including phenoxy) is 1. The fourth-order valence-electron chi connectivity index (χ4n) is 1.98. The van der Waals surface area contributed by atoms with E-state index in [9.17, 15) is 4.39 Å². The van der Waals surface area contributed by atoms with E-state index in [2.05, 4.69) is 13.8 Å². The molecule has 0 heterocycles. The van der Waals surface area contributed by atoms with Crippen LogP contribution in [0.2, 0.25) is 0 Å². The maximum atomic E-state index is 12.8. The maximum absolute atomic E-state index is 12.8. The highest BCUT2D eigenvalue weighted by Crippen LogP contribution is 2.28. The van der Waals surface area contributed by atoms with Crippen molar-refractivity contribution in [2.75, 3.05) is 5.73 Å². The highest BCUT2D eigenvalue weighted by atomic mass is 19.1. The van der Waals surface area contributed by atoms with Crippen LogP contribution in [0.25, 0.3) is 0 Å². The van der Waals surface area contributed by atoms with Crippen LogP contribution in [-0.2, 0) is 6.61 Å². The Morgan fingerprint density at radius 3 is 2.45 bits per heavy atom. The summed E-state index contributed by atoms with van der Waals surface area (Å²) in [5.41, 5.74) is 8.80. The molecule has 0 saturated carbocycles. The zero-order valence-electron chi connectivity index (χ0n) is 11.9. The number of hydrogen-bond acceptors (Lipinski definition) is 2. The minimum absolute atomic E-state index is 0.244. The van der Waals surface area contributed by atoms with Gasteiger partial charge in [0.15, 0.2) is 0 Å². The van der Waals surface area contributed by atoms with Crippen molar-refractivity contribution in [2.45, 2.75) is 32.8 Å². The van der Waals surface area contributed by atoms with Crippen molar-refractivity contribution in [1.82, 2.24) is 0 Å². The van der Waals surface area contributed by atoms with Crippen molar-refractivity contribution in [2.24, 2.45) is 0 Å². The molecule has 2 N–H and O–H groups in total. The third kappa shape index (κ3) is 3.50. The van der Waals surface area contributed by atoms with E-state index in [1.165, 1.54) is 17.7 Å². The van der Waals surface area contributed by atoms with Gasteiger partial charge in [-0.3, -0.25) is 0 Å². The normalized spacial score (nSPS) is 12.2. The molecule has 0 aliphatic rings. The molecule has 0 bridgehead atoms. The molecule has 0 saturated heterocycles. The van der Waals surface area contributed by atoms with Crippen LogP contribution in [0.5, 0.6) is 5.75 Å². The largest absolute Gasteiger partial charge is 0.487 e. The van der Waals surface area contributed by atoms with E-state index in [0.29, 0.717) is 24.0 Å². The third-order valence-electron chi connectivity index (χ3n) is 3.52. The molecular weight excluding hydrogens is 253 g/mol. The average molecular weight is 273 g/mol. The number of benzene rings is 2. The number of halogens is 1. The van der Waals surface area contributed by atoms with Gasteiger partial charge in [0.25, 0.3) is 0 Å². The number of rotatable bonds is 5. The lowest BCUT2D eigenvalue weighted by atomic mass is 9.98. The summed E-state index contributed by atoms with van der Waals surface area (Å²) in [4.78, 5) is 0. The first-order chi connectivity index (χ1) is 9.60. The summed E-state index contributed by atoms with van der Waals surface area (Å²) >= 11 is 0. The van der Waals surface area contributed by atoms with Gasteiger partial charge in [-0.2, -0.15) is 0 Å². The second kappa shape index (κ2) is 6.42. The van der Waals surface area contributed by atoms with Crippen molar-refractivity contribution in [3.05, 3.63) is 59.4 Å². The fraction of sp³-hybridized carbons (Fsp3) is 0.294. The van der Waals surface area contributed by atoms with Gasteiger partial charge in [0.1, 0.15) is 18.2 Å². The molecule has 1 atom stereocenters. The lowest BCUT2D eigenvalue weighted by molar-refractivity contribution is 0.307. The van der Waals surface area contributed by atoms with Crippen molar-refractivity contribution in [1.29, 1.82) is 0 Å². The van der Waals surface area contributed by atoms with Crippen LogP contribution in [0.4, 0.5) is 10.1 Å². The first-order valence-corrected chi connectivity index (χ1v) is 6.86. The Labute approximate surface area is 119 Å². The van der Waals surface area contributed by atoms with E-state index in [-0.39, 0.29) is 5.82 Å². The molecule has 106 valence electrons. The molecule has 0 aliphatic carbocycles. The summed E-state index contributed by atoms with van der Waals surface area (Å²) in [7, 11) is 0. The zero-order valence-corrected chi connectivity index (χ0v) is 11.9. The van der Waals surface area contributed by atoms with Gasteiger partial charge in [-0.1, -0.05) is 32.0 Å². The monoisotopic (exact) mass is 273 g/mol. The topological polar surface area (TPSA) is 35.2 Å². The summed E-state index contributed by atoms with van der Waals surface area (Å²) in [5.74, 6) is 0.913. The van der Waals surface area contributed by atoms with Crippen LogP contribution < -0.4 is 10.5 Å². The number of nitrogen functional groups attached to an aromatic ring is 1. The van der Waals surface area contributed by atoms with Gasteiger partial charge in [-0.15, -0.1) is 0 Å². The van der Waals surface area contributed by atoms with Crippen LogP contribution in [0.3, 0.4) is 0 Å². The molecule has 2 rings (SSSR count). The molecule has 2 aromatic carbocycles. The second-order valence-corrected chi connectivity index (χ2v) is 5.02. The van der Waals surface area contributed by atoms with E-state index in [0.717, 1.165) is 12.0 Å². The highest BCUT2D eigenvalue weighted by molar-refractivity contribution is 5.54. The highest BCUT2D eigenvalue weighted by Gasteiger charge is 2.07. The first kappa shape index (κ1) is 14.4. The fourth-order valence-corrected chi connectivity index (χ4v) is 1.98. The van der Waals surface area contributed by atoms with Gasteiger partial charge >= 0.3 is 0 Å². The summed E-state index contributed by atoms with van der Waals surface area (Å²) in [6.07, 6.45) is 1.08. The molecule has 2 aromatic rings. The molecule has 0 fully saturated rings. The molecule has 0 aromatic heterocycles. The van der Waals surface area contributed by atoms with E-state index >= 15 is 0 Å². The molecule has 0 amide bonds. The lowest BCUT2D eigenvalue weighted by Crippen LogP contribution is -2.00. The standard InChI is InChI=1S/C17H20FNO/c1-3-12(2)14-6-9-17(16(19)10-14)20-11-13-4-7-15(18)8-5-13/h4-10,12H,3,11,19H2,1-2H3. The van der Waals surface area contributed by atoms with Crippen molar-refractivity contribution in [3.63, 3.8) is 0 Å². The quantitative estimate of drug-likeness (QED) is 0.814. The lowest BCUT2D eigenvalue weighted by Gasteiger charge is -2.13. The number of anilines is 1. The Morgan fingerprint density at radius 1 is 1.15 bits per heavy atom. The Morgan fingerprint density at radius 2 is 1.85 bits per heavy atom. The van der Waals surface area contributed by atoms with E-state index < -0.39 is 0 Å². The molecule has 0 radical (unpaired) electrons. The number of hydrogen-bond donors (Lipinski definition) is 1. The molecule has 2 nitrogen and oxygen atoms in total. The molecule has 0 aliphatic heterocycles. The minimum Gasteiger partial charge on any atom is -0.487 e. The summed E-state index contributed by atoms with van der Waals surface area (Å²) in [5, 5.41) is 0. The van der Waals surface area contributed by atoms with Gasteiger partial charge in [-0.05, 0) is 47.7 Å². The van der Waals surface area contributed by atoms with E-state index in [4.69, 9.17) is 10.5 Å². The molecule has 1 unspecified atom stereocenters. The average Bonchev–Trinajstić information content (AvgIpc) is 2.46. The Hall–Kier alpha value is -2.03. The second-order valence-electron chi connectivity index (χ2n) is 5.02. The Balaban J connectivity index is 2.04. The summed E-state index contributed by atoms with van der Waals surface area (Å²) in [6.45, 7) is 4.71. The van der Waals surface area contributed by atoms with Crippen LogP contribution >= 0.6 is 0 Å². The molecule has 0 spiro atoms. The summed E-state index contributed by atoms with van der Waals surface area (Å²) in [6, 6.07) is 12.2. The summed E-state index contributed by atoms with van der Waals surface area (Å²) < 4.78 is 18.5. The van der Waals surface area contributed by atoms with Crippen LogP contribution in [0, 0.1) is 5.82 Å². The maximum Gasteiger partial charge on any atom is 0.142 e. The zero-order chi connectivity index (χ0) is 14.5. The van der Waals surface area contributed by atoms with Crippen molar-refractivity contribution >= 4 is 5.69 Å². The smallest absolute Gasteiger partial charge is 0.142 e. The molecule has 20 heavy (non-hydrogen) atoms. The van der Waals surface area contributed by atoms with Gasteiger partial charge < -0.3 is 10.5 Å². The van der Waals surface area contributed by atoms with Gasteiger partial charge in [0.2, 0.25) is 0 Å². The Bertz CT molecular complexity index is 566. The van der Waals surface area contributed by atoms with Crippen molar-refractivity contribution in [3.8, 4) is 5.75 Å². The number of nitrogens with two attached hydrogens (primary N) is 1. The molecule has 3 heteroatoms. The van der Waals surface area contributed by atoms with Crippen LogP contribution in [-0.4, -0.2) is 0 Å². The van der Waals surface area contributed by atoms with E-state index in [1.807, 2.05) is 18.2 Å². The predicted octanol–water partition coefficient (Wildman–Crippen LogP) is 4.50. The van der Waals surface area contributed by atoms with Crippen molar-refractivity contribution < 1.29 is 9.13 Å². The first-order valence-electron chi connectivity index (χ1n) is 6.86. The SMILES string of the molecule is CCC(C)c1ccc(OCc2ccc(F)cc2)c(N)c1. The van der Waals surface area contributed by atoms with Crippen LogP contribution in [0.1, 0.15) is 37.3 Å². The van der Waals surface area contributed by atoms with Crippen LogP contribution in [0.15, 0.2) is 42.5 Å². The van der Waals surface area contributed by atoms with E-state index in [1.54, 1.807) is 12.1 Å². The predicted molar refractivity (Wildman–Crippen MR) is 80.3 cm³/mol. The Kier molecular flexibility index (Phi) is 4.61. The minimum atomic E-state index is -0.244.